The Morgan fingerprint density at radius 1 is 1.17 bits per heavy atom. The molecule has 24 heavy (non-hydrogen) atoms. The Morgan fingerprint density at radius 2 is 1.88 bits per heavy atom. The lowest BCUT2D eigenvalue weighted by atomic mass is 10.2. The van der Waals surface area contributed by atoms with Crippen LogP contribution in [0.5, 0.6) is 0 Å². The van der Waals surface area contributed by atoms with E-state index >= 15 is 0 Å². The van der Waals surface area contributed by atoms with E-state index in [1.165, 1.54) is 24.3 Å². The first-order chi connectivity index (χ1) is 11.6. The van der Waals surface area contributed by atoms with Gasteiger partial charge >= 0.3 is 0 Å². The second-order valence-corrected chi connectivity index (χ2v) is 6.18. The number of likely N-dealkylation sites (tertiary alicyclic amines) is 1. The normalized spacial score (nSPS) is 21.7. The lowest BCUT2D eigenvalue weighted by Gasteiger charge is -2.33. The van der Waals surface area contributed by atoms with Gasteiger partial charge in [-0.1, -0.05) is 0 Å². The van der Waals surface area contributed by atoms with E-state index in [4.69, 9.17) is 4.74 Å². The van der Waals surface area contributed by atoms with Gasteiger partial charge in [0.2, 0.25) is 5.91 Å². The number of anilines is 1. The second kappa shape index (κ2) is 7.72. The minimum atomic E-state index is -0.490. The largest absolute Gasteiger partial charge is 0.366 e. The van der Waals surface area contributed by atoms with Crippen molar-refractivity contribution >= 4 is 17.5 Å². The van der Waals surface area contributed by atoms with Crippen LogP contribution in [0.25, 0.3) is 0 Å². The first-order valence-electron chi connectivity index (χ1n) is 8.30. The molecule has 7 heteroatoms. The summed E-state index contributed by atoms with van der Waals surface area (Å²) < 4.78 is 18.5. The number of morpholine rings is 1. The monoisotopic (exact) mass is 335 g/mol. The quantitative estimate of drug-likeness (QED) is 0.895. The van der Waals surface area contributed by atoms with Crippen LogP contribution >= 0.6 is 0 Å². The number of nitrogens with one attached hydrogen (secondary N) is 1. The van der Waals surface area contributed by atoms with Gasteiger partial charge in [-0.2, -0.15) is 0 Å². The van der Waals surface area contributed by atoms with Gasteiger partial charge in [-0.05, 0) is 37.1 Å². The van der Waals surface area contributed by atoms with Crippen molar-refractivity contribution in [3.63, 3.8) is 0 Å². The summed E-state index contributed by atoms with van der Waals surface area (Å²) in [7, 11) is 0. The fourth-order valence-corrected chi connectivity index (χ4v) is 3.07. The highest BCUT2D eigenvalue weighted by Gasteiger charge is 2.31. The van der Waals surface area contributed by atoms with E-state index in [9.17, 15) is 14.0 Å². The Morgan fingerprint density at radius 3 is 2.58 bits per heavy atom. The molecule has 2 saturated heterocycles. The van der Waals surface area contributed by atoms with E-state index in [2.05, 4.69) is 5.32 Å². The number of benzene rings is 1. The number of nitrogens with zero attached hydrogens (tertiary/aromatic N) is 2. The number of carbonyl (C=O) groups excluding carboxylic acids is 2. The zero-order valence-electron chi connectivity index (χ0n) is 13.5. The maximum atomic E-state index is 12.9. The van der Waals surface area contributed by atoms with Gasteiger partial charge in [0.15, 0.2) is 0 Å². The van der Waals surface area contributed by atoms with Gasteiger partial charge in [0, 0.05) is 31.9 Å². The number of ether oxygens (including phenoxy) is 1. The van der Waals surface area contributed by atoms with E-state index in [1.54, 1.807) is 0 Å². The molecule has 0 spiro atoms. The van der Waals surface area contributed by atoms with Crippen molar-refractivity contribution in [2.45, 2.75) is 18.9 Å². The van der Waals surface area contributed by atoms with E-state index in [0.29, 0.717) is 25.4 Å². The number of halogens is 1. The highest BCUT2D eigenvalue weighted by atomic mass is 19.1. The van der Waals surface area contributed by atoms with E-state index < -0.39 is 6.10 Å². The Hall–Kier alpha value is -1.99. The van der Waals surface area contributed by atoms with Crippen LogP contribution in [0.4, 0.5) is 10.1 Å². The fraction of sp³-hybridized carbons (Fsp3) is 0.529. The average Bonchev–Trinajstić information content (AvgIpc) is 3.11. The molecule has 1 aromatic rings. The van der Waals surface area contributed by atoms with E-state index in [0.717, 1.165) is 25.9 Å². The Bertz CT molecular complexity index is 587. The van der Waals surface area contributed by atoms with Crippen LogP contribution in [0.15, 0.2) is 24.3 Å². The smallest absolute Gasteiger partial charge is 0.253 e. The SMILES string of the molecule is O=C(CN1CCOC(C(=O)N2CCCC2)C1)Nc1ccc(F)cc1. The number of amides is 2. The molecule has 2 fully saturated rings. The third kappa shape index (κ3) is 4.30. The van der Waals surface area contributed by atoms with Crippen LogP contribution in [0.2, 0.25) is 0 Å². The molecule has 2 amide bonds. The molecular formula is C17H22FN3O3. The maximum Gasteiger partial charge on any atom is 0.253 e. The lowest BCUT2D eigenvalue weighted by molar-refractivity contribution is -0.149. The Labute approximate surface area is 140 Å². The summed E-state index contributed by atoms with van der Waals surface area (Å²) in [4.78, 5) is 28.3. The molecule has 3 rings (SSSR count). The van der Waals surface area contributed by atoms with Crippen LogP contribution in [-0.2, 0) is 14.3 Å². The number of rotatable bonds is 4. The van der Waals surface area contributed by atoms with Crippen LogP contribution in [0.3, 0.4) is 0 Å². The Balaban J connectivity index is 1.50. The van der Waals surface area contributed by atoms with Crippen molar-refractivity contribution in [3.05, 3.63) is 30.1 Å². The first kappa shape index (κ1) is 16.9. The number of hydrogen-bond acceptors (Lipinski definition) is 4. The van der Waals surface area contributed by atoms with Gasteiger partial charge < -0.3 is 15.0 Å². The van der Waals surface area contributed by atoms with Gasteiger partial charge in [-0.3, -0.25) is 14.5 Å². The van der Waals surface area contributed by atoms with Crippen molar-refractivity contribution < 1.29 is 18.7 Å². The van der Waals surface area contributed by atoms with Gasteiger partial charge in [0.1, 0.15) is 11.9 Å². The van der Waals surface area contributed by atoms with Gasteiger partial charge in [-0.25, -0.2) is 4.39 Å². The summed E-state index contributed by atoms with van der Waals surface area (Å²) in [6, 6.07) is 5.64. The molecule has 1 unspecified atom stereocenters. The topological polar surface area (TPSA) is 61.9 Å². The Kier molecular flexibility index (Phi) is 5.42. The van der Waals surface area contributed by atoms with Crippen molar-refractivity contribution in [2.24, 2.45) is 0 Å². The molecule has 2 aliphatic heterocycles. The fourth-order valence-electron chi connectivity index (χ4n) is 3.07. The molecule has 2 aliphatic rings. The third-order valence-corrected chi connectivity index (χ3v) is 4.34. The summed E-state index contributed by atoms with van der Waals surface area (Å²) in [5.74, 6) is -0.503. The average molecular weight is 335 g/mol. The zero-order valence-corrected chi connectivity index (χ0v) is 13.5. The summed E-state index contributed by atoms with van der Waals surface area (Å²) in [5, 5.41) is 2.73. The molecule has 1 aromatic carbocycles. The van der Waals surface area contributed by atoms with Crippen molar-refractivity contribution in [3.8, 4) is 0 Å². The van der Waals surface area contributed by atoms with E-state index in [1.807, 2.05) is 9.80 Å². The van der Waals surface area contributed by atoms with Crippen LogP contribution in [0.1, 0.15) is 12.8 Å². The van der Waals surface area contributed by atoms with E-state index in [-0.39, 0.29) is 24.2 Å². The summed E-state index contributed by atoms with van der Waals surface area (Å²) in [6.07, 6.45) is 1.60. The van der Waals surface area contributed by atoms with Crippen molar-refractivity contribution in [1.29, 1.82) is 0 Å². The summed E-state index contributed by atoms with van der Waals surface area (Å²) in [5.41, 5.74) is 0.555. The van der Waals surface area contributed by atoms with Gasteiger partial charge in [-0.15, -0.1) is 0 Å². The summed E-state index contributed by atoms with van der Waals surface area (Å²) in [6.45, 7) is 3.25. The van der Waals surface area contributed by atoms with Gasteiger partial charge in [0.25, 0.3) is 5.91 Å². The first-order valence-corrected chi connectivity index (χ1v) is 8.30. The van der Waals surface area contributed by atoms with Crippen molar-refractivity contribution in [2.75, 3.05) is 44.6 Å². The third-order valence-electron chi connectivity index (χ3n) is 4.34. The molecule has 0 radical (unpaired) electrons. The lowest BCUT2D eigenvalue weighted by Crippen LogP contribution is -2.51. The molecule has 2 heterocycles. The second-order valence-electron chi connectivity index (χ2n) is 6.18. The molecule has 1 atom stereocenters. The molecule has 130 valence electrons. The molecule has 0 bridgehead atoms. The predicted octanol–water partition coefficient (Wildman–Crippen LogP) is 1.09. The molecule has 0 saturated carbocycles. The summed E-state index contributed by atoms with van der Waals surface area (Å²) >= 11 is 0. The van der Waals surface area contributed by atoms with Gasteiger partial charge in [0.05, 0.1) is 13.2 Å². The maximum absolute atomic E-state index is 12.9. The predicted molar refractivity (Wildman–Crippen MR) is 87.0 cm³/mol. The molecular weight excluding hydrogens is 313 g/mol. The highest BCUT2D eigenvalue weighted by Crippen LogP contribution is 2.14. The number of carbonyl (C=O) groups is 2. The standard InChI is InChI=1S/C17H22FN3O3/c18-13-3-5-14(6-4-13)19-16(22)12-20-9-10-24-15(11-20)17(23)21-7-1-2-8-21/h3-6,15H,1-2,7-12H2,(H,19,22). The zero-order chi connectivity index (χ0) is 16.9. The molecule has 6 nitrogen and oxygen atoms in total. The molecule has 1 N–H and O–H groups in total. The van der Waals surface area contributed by atoms with Crippen LogP contribution in [-0.4, -0.2) is 67.0 Å². The molecule has 0 aromatic heterocycles. The van der Waals surface area contributed by atoms with Crippen molar-refractivity contribution in [1.82, 2.24) is 9.80 Å². The highest BCUT2D eigenvalue weighted by molar-refractivity contribution is 5.92. The number of hydrogen-bond donors (Lipinski definition) is 1. The van der Waals surface area contributed by atoms with Crippen LogP contribution < -0.4 is 5.32 Å². The van der Waals surface area contributed by atoms with Crippen LogP contribution in [0, 0.1) is 5.82 Å². The minimum absolute atomic E-state index is 0.0242. The minimum Gasteiger partial charge on any atom is -0.366 e. The molecule has 0 aliphatic carbocycles.